The largest absolute Gasteiger partial charge is 0.304 e. The van der Waals surface area contributed by atoms with Crippen molar-refractivity contribution in [2.24, 2.45) is 0 Å². The first-order valence-corrected chi connectivity index (χ1v) is 13.3. The number of aromatic amines is 1. The lowest BCUT2D eigenvalue weighted by Gasteiger charge is -2.11. The summed E-state index contributed by atoms with van der Waals surface area (Å²) < 4.78 is 28.0. The number of hydrogen-bond donors (Lipinski definition) is 3. The van der Waals surface area contributed by atoms with E-state index in [1.165, 1.54) is 29.5 Å². The van der Waals surface area contributed by atoms with Crippen LogP contribution in [0, 0.1) is 6.07 Å². The number of carbonyl (C=O) groups is 1. The molecule has 5 aromatic rings. The van der Waals surface area contributed by atoms with Crippen molar-refractivity contribution in [3.63, 3.8) is 0 Å². The predicted molar refractivity (Wildman–Crippen MR) is 140 cm³/mol. The van der Waals surface area contributed by atoms with Gasteiger partial charge >= 0.3 is 0 Å². The lowest BCUT2D eigenvalue weighted by Crippen LogP contribution is -2.13. The van der Waals surface area contributed by atoms with Crippen LogP contribution in [-0.4, -0.2) is 24.5 Å². The number of nitrogens with one attached hydrogen (secondary N) is 3. The molecule has 175 valence electrons. The molecular weight excluding hydrogens is 527 g/mol. The highest BCUT2D eigenvalue weighted by molar-refractivity contribution is 7.92. The topological polar surface area (TPSA) is 104 Å². The van der Waals surface area contributed by atoms with Crippen LogP contribution < -0.4 is 10.0 Å². The maximum atomic E-state index is 12.7. The molecule has 7 nitrogen and oxygen atoms in total. The molecule has 0 aliphatic heterocycles. The molecule has 0 saturated carbocycles. The van der Waals surface area contributed by atoms with Crippen molar-refractivity contribution in [3.8, 4) is 11.1 Å². The van der Waals surface area contributed by atoms with Crippen molar-refractivity contribution in [3.05, 3.63) is 93.1 Å². The first-order valence-electron chi connectivity index (χ1n) is 10.1. The van der Waals surface area contributed by atoms with E-state index in [1.807, 2.05) is 18.2 Å². The molecule has 0 saturated heterocycles. The Morgan fingerprint density at radius 2 is 1.80 bits per heavy atom. The van der Waals surface area contributed by atoms with E-state index in [2.05, 4.69) is 26.3 Å². The Hall–Kier alpha value is -3.37. The van der Waals surface area contributed by atoms with E-state index in [0.29, 0.717) is 16.4 Å². The van der Waals surface area contributed by atoms with Gasteiger partial charge in [0.2, 0.25) is 0 Å². The molecule has 1 radical (unpaired) electrons. The number of carbonyl (C=O) groups excluding carboxylic acids is 1. The molecule has 3 N–H and O–H groups in total. The van der Waals surface area contributed by atoms with Gasteiger partial charge in [0.1, 0.15) is 9.77 Å². The number of amides is 1. The first-order chi connectivity index (χ1) is 16.8. The molecule has 0 fully saturated rings. The van der Waals surface area contributed by atoms with Crippen molar-refractivity contribution in [1.82, 2.24) is 10.2 Å². The predicted octanol–water partition coefficient (Wildman–Crippen LogP) is 6.45. The van der Waals surface area contributed by atoms with E-state index < -0.39 is 10.0 Å². The van der Waals surface area contributed by atoms with E-state index >= 15 is 0 Å². The molecule has 2 aromatic heterocycles. The van der Waals surface area contributed by atoms with Crippen LogP contribution in [0.25, 0.3) is 22.0 Å². The highest BCUT2D eigenvalue weighted by Gasteiger charge is 2.20. The number of halogens is 2. The number of sulfonamides is 1. The summed E-state index contributed by atoms with van der Waals surface area (Å²) in [7, 11) is -3.91. The van der Waals surface area contributed by atoms with E-state index in [4.69, 9.17) is 23.2 Å². The Morgan fingerprint density at radius 3 is 2.54 bits per heavy atom. The van der Waals surface area contributed by atoms with Gasteiger partial charge in [0.05, 0.1) is 15.6 Å². The van der Waals surface area contributed by atoms with Gasteiger partial charge in [-0.3, -0.25) is 14.6 Å². The molecule has 35 heavy (non-hydrogen) atoms. The summed E-state index contributed by atoms with van der Waals surface area (Å²) in [5.74, 6) is 0.164. The van der Waals surface area contributed by atoms with E-state index in [9.17, 15) is 13.2 Å². The summed E-state index contributed by atoms with van der Waals surface area (Å²) in [6.45, 7) is 0. The molecule has 0 aliphatic carbocycles. The van der Waals surface area contributed by atoms with Crippen LogP contribution in [0.4, 0.5) is 11.5 Å². The zero-order valence-electron chi connectivity index (χ0n) is 17.7. The minimum atomic E-state index is -3.91. The summed E-state index contributed by atoms with van der Waals surface area (Å²) in [4.78, 5) is 12.7. The fourth-order valence-corrected chi connectivity index (χ4v) is 5.84. The van der Waals surface area contributed by atoms with Crippen molar-refractivity contribution in [2.45, 2.75) is 4.90 Å². The lowest BCUT2D eigenvalue weighted by molar-refractivity contribution is 0.103. The Morgan fingerprint density at radius 1 is 1.03 bits per heavy atom. The zero-order chi connectivity index (χ0) is 24.6. The second-order valence-electron chi connectivity index (χ2n) is 7.42. The van der Waals surface area contributed by atoms with E-state index in [1.54, 1.807) is 35.7 Å². The van der Waals surface area contributed by atoms with Gasteiger partial charge in [0, 0.05) is 17.1 Å². The van der Waals surface area contributed by atoms with Gasteiger partial charge in [-0.2, -0.15) is 5.10 Å². The Labute approximate surface area is 214 Å². The van der Waals surface area contributed by atoms with Gasteiger partial charge in [-0.25, -0.2) is 8.42 Å². The highest BCUT2D eigenvalue weighted by atomic mass is 35.5. The van der Waals surface area contributed by atoms with Gasteiger partial charge in [-0.15, -0.1) is 11.3 Å². The van der Waals surface area contributed by atoms with Gasteiger partial charge < -0.3 is 5.32 Å². The number of nitrogens with zero attached hydrogens (tertiary/aromatic N) is 1. The number of fused-ring (bicyclic) bond motifs is 1. The number of benzene rings is 3. The maximum absolute atomic E-state index is 12.7. The van der Waals surface area contributed by atoms with Crippen LogP contribution in [0.15, 0.2) is 77.0 Å². The second-order valence-corrected chi connectivity index (χ2v) is 10.8. The van der Waals surface area contributed by atoms with Crippen molar-refractivity contribution in [2.75, 3.05) is 10.0 Å². The average molecular weight is 542 g/mol. The van der Waals surface area contributed by atoms with Crippen LogP contribution in [0.2, 0.25) is 10.0 Å². The molecule has 0 unspecified atom stereocenters. The maximum Gasteiger partial charge on any atom is 0.267 e. The number of H-pyrrole nitrogens is 1. The van der Waals surface area contributed by atoms with Gasteiger partial charge in [-0.1, -0.05) is 47.5 Å². The van der Waals surface area contributed by atoms with Crippen LogP contribution in [-0.2, 0) is 10.0 Å². The SMILES string of the molecule is O=C(Nc1n[nH]c2cc(-c3ccc(NS(=O)(=O)c4cccc(Cl)c4Cl)cc3)ccc12)c1[c]ccs1. The number of rotatable bonds is 6. The first kappa shape index (κ1) is 23.4. The molecule has 0 atom stereocenters. The minimum absolute atomic E-state index is 0.0322. The quantitative estimate of drug-likeness (QED) is 0.229. The van der Waals surface area contributed by atoms with Crippen molar-refractivity contribution < 1.29 is 13.2 Å². The third kappa shape index (κ3) is 4.76. The van der Waals surface area contributed by atoms with Gasteiger partial charge in [0.15, 0.2) is 5.82 Å². The molecule has 0 aliphatic rings. The monoisotopic (exact) mass is 541 g/mol. The Bertz CT molecular complexity index is 1650. The Balaban J connectivity index is 1.35. The standard InChI is InChI=1S/C24H15Cl2N4O3S2/c25-18-3-1-5-21(22(18)26)35(32,33)30-16-9-6-14(7-10-16)15-8-11-17-19(13-15)28-29-23(17)27-24(31)20-4-2-12-34-20/h1-3,5-13,30H,(H2,27,28,29,31). The third-order valence-corrected chi connectivity index (χ3v) is 8.31. The number of hydrogen-bond acceptors (Lipinski definition) is 5. The molecule has 11 heteroatoms. The summed E-state index contributed by atoms with van der Waals surface area (Å²) >= 11 is 13.3. The smallest absolute Gasteiger partial charge is 0.267 e. The molecule has 3 aromatic carbocycles. The Kier molecular flexibility index (Phi) is 6.24. The van der Waals surface area contributed by atoms with Crippen LogP contribution in [0.1, 0.15) is 9.67 Å². The third-order valence-electron chi connectivity index (χ3n) is 5.15. The fourth-order valence-electron chi connectivity index (χ4n) is 3.46. The zero-order valence-corrected chi connectivity index (χ0v) is 20.8. The average Bonchev–Trinajstić information content (AvgIpc) is 3.51. The summed E-state index contributed by atoms with van der Waals surface area (Å²) in [5.41, 5.74) is 2.87. The van der Waals surface area contributed by atoms with Crippen LogP contribution in [0.5, 0.6) is 0 Å². The van der Waals surface area contributed by atoms with Gasteiger partial charge in [-0.05, 0) is 59.0 Å². The normalized spacial score (nSPS) is 11.5. The van der Waals surface area contributed by atoms with Crippen LogP contribution >= 0.6 is 34.5 Å². The molecule has 2 heterocycles. The summed E-state index contributed by atoms with van der Waals surface area (Å²) in [6, 6.07) is 21.6. The number of thiophene rings is 1. The summed E-state index contributed by atoms with van der Waals surface area (Å²) in [5, 5.41) is 12.6. The molecular formula is C24H15Cl2N4O3S2. The number of aromatic nitrogens is 2. The minimum Gasteiger partial charge on any atom is -0.304 e. The van der Waals surface area contributed by atoms with E-state index in [0.717, 1.165) is 22.0 Å². The van der Waals surface area contributed by atoms with Crippen molar-refractivity contribution >= 4 is 72.9 Å². The molecule has 1 amide bonds. The second kappa shape index (κ2) is 9.35. The van der Waals surface area contributed by atoms with Crippen LogP contribution in [0.3, 0.4) is 0 Å². The molecule has 5 rings (SSSR count). The number of anilines is 2. The molecule has 0 spiro atoms. The fraction of sp³-hybridized carbons (Fsp3) is 0. The lowest BCUT2D eigenvalue weighted by atomic mass is 10.0. The van der Waals surface area contributed by atoms with Crippen molar-refractivity contribution in [1.29, 1.82) is 0 Å². The highest BCUT2D eigenvalue weighted by Crippen LogP contribution is 2.31. The molecule has 0 bridgehead atoms. The van der Waals surface area contributed by atoms with Gasteiger partial charge in [0.25, 0.3) is 15.9 Å². The van der Waals surface area contributed by atoms with E-state index in [-0.39, 0.29) is 20.8 Å². The summed E-state index contributed by atoms with van der Waals surface area (Å²) in [6.07, 6.45) is 0.